The molecule has 0 aliphatic carbocycles. The average molecular weight is 355 g/mol. The molecular formula is C19H25N5O2. The SMILES string of the molecule is CC[C@@H](C)Nc1nc2c(c(=O)[nH]c(=O)n2C)n1CCCc1ccccc1. The molecule has 0 saturated carbocycles. The summed E-state index contributed by atoms with van der Waals surface area (Å²) in [4.78, 5) is 31.2. The minimum atomic E-state index is -0.452. The van der Waals surface area contributed by atoms with E-state index in [1.54, 1.807) is 7.05 Å². The van der Waals surface area contributed by atoms with Gasteiger partial charge in [0, 0.05) is 19.6 Å². The Labute approximate surface area is 151 Å². The fourth-order valence-corrected chi connectivity index (χ4v) is 2.97. The molecule has 0 unspecified atom stereocenters. The largest absolute Gasteiger partial charge is 0.353 e. The van der Waals surface area contributed by atoms with Gasteiger partial charge < -0.3 is 9.88 Å². The number of aromatic amines is 1. The lowest BCUT2D eigenvalue weighted by molar-refractivity contribution is 0.647. The first-order chi connectivity index (χ1) is 12.5. The van der Waals surface area contributed by atoms with E-state index in [0.29, 0.717) is 23.7 Å². The lowest BCUT2D eigenvalue weighted by Crippen LogP contribution is -2.29. The van der Waals surface area contributed by atoms with E-state index in [-0.39, 0.29) is 6.04 Å². The average Bonchev–Trinajstić information content (AvgIpc) is 2.99. The van der Waals surface area contributed by atoms with Crippen LogP contribution in [0, 0.1) is 0 Å². The third-order valence-electron chi connectivity index (χ3n) is 4.68. The van der Waals surface area contributed by atoms with Crippen molar-refractivity contribution in [3.63, 3.8) is 0 Å². The van der Waals surface area contributed by atoms with Crippen LogP contribution in [0.4, 0.5) is 5.95 Å². The van der Waals surface area contributed by atoms with Crippen LogP contribution in [0.25, 0.3) is 11.2 Å². The third-order valence-corrected chi connectivity index (χ3v) is 4.68. The summed E-state index contributed by atoms with van der Waals surface area (Å²) in [5.41, 5.74) is 1.25. The molecule has 3 aromatic rings. The predicted octanol–water partition coefficient (Wildman–Crippen LogP) is 2.27. The van der Waals surface area contributed by atoms with Crippen LogP contribution in [0.5, 0.6) is 0 Å². The maximum atomic E-state index is 12.4. The number of hydrogen-bond acceptors (Lipinski definition) is 4. The summed E-state index contributed by atoms with van der Waals surface area (Å²) in [6.07, 6.45) is 2.71. The quantitative estimate of drug-likeness (QED) is 0.681. The molecule has 2 heterocycles. The van der Waals surface area contributed by atoms with E-state index in [9.17, 15) is 9.59 Å². The lowest BCUT2D eigenvalue weighted by atomic mass is 10.1. The molecule has 138 valence electrons. The molecule has 7 heteroatoms. The van der Waals surface area contributed by atoms with Gasteiger partial charge in [0.15, 0.2) is 11.2 Å². The first-order valence-electron chi connectivity index (χ1n) is 9.01. The zero-order valence-corrected chi connectivity index (χ0v) is 15.5. The highest BCUT2D eigenvalue weighted by molar-refractivity contribution is 5.74. The maximum Gasteiger partial charge on any atom is 0.329 e. The predicted molar refractivity (Wildman–Crippen MR) is 104 cm³/mol. The first kappa shape index (κ1) is 18.0. The lowest BCUT2D eigenvalue weighted by Gasteiger charge is -2.14. The fraction of sp³-hybridized carbons (Fsp3) is 0.421. The van der Waals surface area contributed by atoms with Crippen molar-refractivity contribution in [1.29, 1.82) is 0 Å². The number of benzene rings is 1. The highest BCUT2D eigenvalue weighted by atomic mass is 16.2. The van der Waals surface area contributed by atoms with Gasteiger partial charge >= 0.3 is 5.69 Å². The normalized spacial score (nSPS) is 12.4. The van der Waals surface area contributed by atoms with Gasteiger partial charge in [-0.2, -0.15) is 4.98 Å². The number of nitrogens with zero attached hydrogens (tertiary/aromatic N) is 3. The number of H-pyrrole nitrogens is 1. The number of anilines is 1. The van der Waals surface area contributed by atoms with Crippen molar-refractivity contribution in [3.8, 4) is 0 Å². The van der Waals surface area contributed by atoms with Crippen molar-refractivity contribution in [2.75, 3.05) is 5.32 Å². The molecule has 1 atom stereocenters. The van der Waals surface area contributed by atoms with Crippen molar-refractivity contribution in [2.24, 2.45) is 7.05 Å². The summed E-state index contributed by atoms with van der Waals surface area (Å²) in [5, 5.41) is 3.36. The first-order valence-corrected chi connectivity index (χ1v) is 9.01. The van der Waals surface area contributed by atoms with Crippen LogP contribution in [-0.2, 0) is 20.0 Å². The number of aryl methyl sites for hydroxylation is 3. The number of fused-ring (bicyclic) bond motifs is 1. The number of aromatic nitrogens is 4. The van der Waals surface area contributed by atoms with Crippen molar-refractivity contribution in [2.45, 2.75) is 45.7 Å². The Morgan fingerprint density at radius 3 is 2.65 bits per heavy atom. The third kappa shape index (κ3) is 3.56. The second-order valence-corrected chi connectivity index (χ2v) is 6.62. The molecule has 0 amide bonds. The van der Waals surface area contributed by atoms with Gasteiger partial charge in [-0.15, -0.1) is 0 Å². The van der Waals surface area contributed by atoms with E-state index in [2.05, 4.69) is 41.3 Å². The Balaban J connectivity index is 1.97. The molecule has 3 rings (SSSR count). The number of rotatable bonds is 7. The second kappa shape index (κ2) is 7.59. The summed E-state index contributed by atoms with van der Waals surface area (Å²) >= 11 is 0. The minimum Gasteiger partial charge on any atom is -0.353 e. The van der Waals surface area contributed by atoms with Crippen LogP contribution in [0.1, 0.15) is 32.3 Å². The molecule has 0 radical (unpaired) electrons. The molecule has 0 saturated heterocycles. The van der Waals surface area contributed by atoms with Gasteiger partial charge in [0.25, 0.3) is 5.56 Å². The van der Waals surface area contributed by atoms with Crippen molar-refractivity contribution >= 4 is 17.1 Å². The Morgan fingerprint density at radius 2 is 1.96 bits per heavy atom. The Hall–Kier alpha value is -2.83. The van der Waals surface area contributed by atoms with E-state index in [0.717, 1.165) is 19.3 Å². The van der Waals surface area contributed by atoms with Crippen molar-refractivity contribution in [1.82, 2.24) is 19.1 Å². The standard InChI is InChI=1S/C19H25N5O2/c1-4-13(2)20-18-21-16-15(17(25)22-19(26)23(16)3)24(18)12-8-11-14-9-6-5-7-10-14/h5-7,9-10,13H,4,8,11-12H2,1-3H3,(H,20,21)(H,22,25,26)/t13-/m1/s1. The van der Waals surface area contributed by atoms with Gasteiger partial charge in [-0.1, -0.05) is 37.3 Å². The Bertz CT molecular complexity index is 1000. The minimum absolute atomic E-state index is 0.218. The number of imidazole rings is 1. The van der Waals surface area contributed by atoms with E-state index in [4.69, 9.17) is 0 Å². The van der Waals surface area contributed by atoms with Crippen LogP contribution in [-0.4, -0.2) is 25.1 Å². The molecule has 2 aromatic heterocycles. The summed E-state index contributed by atoms with van der Waals surface area (Å²) in [6, 6.07) is 10.5. The van der Waals surface area contributed by atoms with E-state index in [1.807, 2.05) is 22.8 Å². The monoisotopic (exact) mass is 355 g/mol. The van der Waals surface area contributed by atoms with Gasteiger partial charge in [-0.05, 0) is 31.7 Å². The van der Waals surface area contributed by atoms with Gasteiger partial charge in [0.1, 0.15) is 0 Å². The molecule has 0 aliphatic heterocycles. The van der Waals surface area contributed by atoms with Crippen LogP contribution in [0.3, 0.4) is 0 Å². The highest BCUT2D eigenvalue weighted by Gasteiger charge is 2.18. The number of nitrogens with one attached hydrogen (secondary N) is 2. The summed E-state index contributed by atoms with van der Waals surface area (Å²) in [7, 11) is 1.62. The van der Waals surface area contributed by atoms with Gasteiger partial charge in [-0.25, -0.2) is 4.79 Å². The zero-order chi connectivity index (χ0) is 18.7. The van der Waals surface area contributed by atoms with Crippen LogP contribution >= 0.6 is 0 Å². The van der Waals surface area contributed by atoms with Crippen LogP contribution in [0.15, 0.2) is 39.9 Å². The van der Waals surface area contributed by atoms with Crippen LogP contribution < -0.4 is 16.6 Å². The molecule has 26 heavy (non-hydrogen) atoms. The van der Waals surface area contributed by atoms with Gasteiger partial charge in [-0.3, -0.25) is 14.3 Å². The molecule has 2 N–H and O–H groups in total. The zero-order valence-electron chi connectivity index (χ0n) is 15.5. The fourth-order valence-electron chi connectivity index (χ4n) is 2.97. The highest BCUT2D eigenvalue weighted by Crippen LogP contribution is 2.18. The van der Waals surface area contributed by atoms with Gasteiger partial charge in [0.2, 0.25) is 5.95 Å². The van der Waals surface area contributed by atoms with Gasteiger partial charge in [0.05, 0.1) is 0 Å². The molecule has 0 fully saturated rings. The van der Waals surface area contributed by atoms with Crippen molar-refractivity contribution < 1.29 is 0 Å². The van der Waals surface area contributed by atoms with Crippen molar-refractivity contribution in [3.05, 3.63) is 56.7 Å². The van der Waals surface area contributed by atoms with E-state index < -0.39 is 11.2 Å². The molecule has 0 bridgehead atoms. The topological polar surface area (TPSA) is 84.7 Å². The Kier molecular flexibility index (Phi) is 5.25. The number of hydrogen-bond donors (Lipinski definition) is 2. The Morgan fingerprint density at radius 1 is 1.23 bits per heavy atom. The molecular weight excluding hydrogens is 330 g/mol. The molecule has 0 spiro atoms. The summed E-state index contributed by atoms with van der Waals surface area (Å²) in [5.74, 6) is 0.633. The summed E-state index contributed by atoms with van der Waals surface area (Å²) < 4.78 is 3.27. The smallest absolute Gasteiger partial charge is 0.329 e. The molecule has 1 aromatic carbocycles. The maximum absolute atomic E-state index is 12.4. The molecule has 0 aliphatic rings. The molecule has 7 nitrogen and oxygen atoms in total. The summed E-state index contributed by atoms with van der Waals surface area (Å²) in [6.45, 7) is 4.80. The second-order valence-electron chi connectivity index (χ2n) is 6.62. The van der Waals surface area contributed by atoms with Crippen LogP contribution in [0.2, 0.25) is 0 Å². The van der Waals surface area contributed by atoms with E-state index >= 15 is 0 Å². The van der Waals surface area contributed by atoms with E-state index in [1.165, 1.54) is 10.1 Å².